The van der Waals surface area contributed by atoms with Gasteiger partial charge in [0, 0.05) is 46.9 Å². The van der Waals surface area contributed by atoms with Crippen molar-refractivity contribution in [2.45, 2.75) is 0 Å². The first kappa shape index (κ1) is 22.3. The van der Waals surface area contributed by atoms with Crippen molar-refractivity contribution in [1.82, 2.24) is 29.5 Å². The Balaban J connectivity index is 1.43. The normalized spacial score (nSPS) is 11.5. The Kier molecular flexibility index (Phi) is 4.99. The molecule has 3 aromatic carbocycles. The first-order valence-corrected chi connectivity index (χ1v) is 12.9. The molecule has 5 heterocycles. The third kappa shape index (κ3) is 3.56. The molecule has 0 N–H and O–H groups in total. The SMILES string of the molecule is c1ccc(-c2nc3ccc4c(c5ccccc5n4-c4nc(-c5ccncc5)cc(-c5ccncc5)n4)c3o2)cc1. The van der Waals surface area contributed by atoms with E-state index in [1.165, 1.54) is 0 Å². The molecule has 188 valence electrons. The summed E-state index contributed by atoms with van der Waals surface area (Å²) in [4.78, 5) is 23.3. The molecule has 0 saturated heterocycles. The molecule has 5 aromatic heterocycles. The van der Waals surface area contributed by atoms with Crippen LogP contribution in [0.4, 0.5) is 0 Å². The van der Waals surface area contributed by atoms with E-state index in [0.717, 1.165) is 61.0 Å². The summed E-state index contributed by atoms with van der Waals surface area (Å²) in [6.07, 6.45) is 7.09. The highest BCUT2D eigenvalue weighted by molar-refractivity contribution is 6.19. The predicted molar refractivity (Wildman–Crippen MR) is 156 cm³/mol. The minimum atomic E-state index is 0.564. The molecule has 0 amide bonds. The number of hydrogen-bond donors (Lipinski definition) is 0. The molecule has 0 fully saturated rings. The average molecular weight is 517 g/mol. The van der Waals surface area contributed by atoms with Gasteiger partial charge in [-0.15, -0.1) is 0 Å². The lowest BCUT2D eigenvalue weighted by Gasteiger charge is -2.11. The van der Waals surface area contributed by atoms with Crippen LogP contribution in [0.5, 0.6) is 0 Å². The molecule has 7 heteroatoms. The summed E-state index contributed by atoms with van der Waals surface area (Å²) in [7, 11) is 0. The van der Waals surface area contributed by atoms with Crippen molar-refractivity contribution in [3.8, 4) is 39.9 Å². The summed E-state index contributed by atoms with van der Waals surface area (Å²) < 4.78 is 8.53. The lowest BCUT2D eigenvalue weighted by atomic mass is 10.1. The summed E-state index contributed by atoms with van der Waals surface area (Å²) in [6.45, 7) is 0. The molecule has 0 atom stereocenters. The lowest BCUT2D eigenvalue weighted by Crippen LogP contribution is -2.04. The number of fused-ring (bicyclic) bond motifs is 5. The van der Waals surface area contributed by atoms with Gasteiger partial charge in [0.15, 0.2) is 5.58 Å². The van der Waals surface area contributed by atoms with Crippen LogP contribution in [-0.2, 0) is 0 Å². The molecule has 0 aliphatic carbocycles. The second kappa shape index (κ2) is 8.96. The van der Waals surface area contributed by atoms with E-state index in [4.69, 9.17) is 19.4 Å². The molecule has 0 unspecified atom stereocenters. The Labute approximate surface area is 228 Å². The molecule has 40 heavy (non-hydrogen) atoms. The standard InChI is InChI=1S/C33H20N6O/c1-2-6-23(7-3-1)32-36-25-10-11-29-30(31(25)40-32)24-8-4-5-9-28(24)39(29)33-37-26(21-12-16-34-17-13-21)20-27(38-33)22-14-18-35-19-15-22/h1-20H. The molecule has 0 radical (unpaired) electrons. The fourth-order valence-electron chi connectivity index (χ4n) is 5.23. The number of aromatic nitrogens is 6. The molecule has 0 aliphatic rings. The molecule has 0 bridgehead atoms. The highest BCUT2D eigenvalue weighted by Gasteiger charge is 2.21. The van der Waals surface area contributed by atoms with E-state index in [2.05, 4.69) is 32.7 Å². The molecule has 0 spiro atoms. The number of oxazole rings is 1. The van der Waals surface area contributed by atoms with Crippen LogP contribution >= 0.6 is 0 Å². The molecule has 8 aromatic rings. The van der Waals surface area contributed by atoms with E-state index in [1.807, 2.05) is 78.9 Å². The lowest BCUT2D eigenvalue weighted by molar-refractivity contribution is 0.623. The van der Waals surface area contributed by atoms with Gasteiger partial charge in [-0.2, -0.15) is 0 Å². The predicted octanol–water partition coefficient (Wildman–Crippen LogP) is 7.51. The van der Waals surface area contributed by atoms with Crippen LogP contribution in [0.1, 0.15) is 0 Å². The van der Waals surface area contributed by atoms with Crippen LogP contribution in [0.25, 0.3) is 72.8 Å². The van der Waals surface area contributed by atoms with E-state index >= 15 is 0 Å². The highest BCUT2D eigenvalue weighted by atomic mass is 16.3. The quantitative estimate of drug-likeness (QED) is 0.241. The van der Waals surface area contributed by atoms with Gasteiger partial charge in [0.2, 0.25) is 11.8 Å². The molecule has 7 nitrogen and oxygen atoms in total. The molecular formula is C33H20N6O. The van der Waals surface area contributed by atoms with Crippen molar-refractivity contribution < 1.29 is 4.42 Å². The van der Waals surface area contributed by atoms with Crippen LogP contribution in [0.2, 0.25) is 0 Å². The van der Waals surface area contributed by atoms with Gasteiger partial charge in [0.1, 0.15) is 5.52 Å². The van der Waals surface area contributed by atoms with Gasteiger partial charge >= 0.3 is 0 Å². The Morgan fingerprint density at radius 1 is 0.550 bits per heavy atom. The largest absolute Gasteiger partial charge is 0.435 e. The summed E-state index contributed by atoms with van der Waals surface area (Å²) in [6, 6.07) is 32.1. The van der Waals surface area contributed by atoms with Crippen LogP contribution in [0.15, 0.2) is 126 Å². The topological polar surface area (TPSA) is 82.5 Å². The zero-order chi connectivity index (χ0) is 26.5. The first-order valence-electron chi connectivity index (χ1n) is 12.9. The fourth-order valence-corrected chi connectivity index (χ4v) is 5.23. The van der Waals surface area contributed by atoms with E-state index in [-0.39, 0.29) is 0 Å². The van der Waals surface area contributed by atoms with E-state index < -0.39 is 0 Å². The Morgan fingerprint density at radius 2 is 1.20 bits per heavy atom. The van der Waals surface area contributed by atoms with Gasteiger partial charge in [-0.3, -0.25) is 14.5 Å². The van der Waals surface area contributed by atoms with Crippen LogP contribution < -0.4 is 0 Å². The highest BCUT2D eigenvalue weighted by Crippen LogP contribution is 2.38. The number of para-hydroxylation sites is 1. The zero-order valence-corrected chi connectivity index (χ0v) is 21.1. The minimum Gasteiger partial charge on any atom is -0.435 e. The van der Waals surface area contributed by atoms with Crippen molar-refractivity contribution in [3.05, 3.63) is 122 Å². The maximum atomic E-state index is 6.43. The van der Waals surface area contributed by atoms with Crippen molar-refractivity contribution in [1.29, 1.82) is 0 Å². The summed E-state index contributed by atoms with van der Waals surface area (Å²) in [5.41, 5.74) is 7.93. The maximum absolute atomic E-state index is 6.43. The molecule has 0 saturated carbocycles. The summed E-state index contributed by atoms with van der Waals surface area (Å²) in [5, 5.41) is 2.02. The van der Waals surface area contributed by atoms with Gasteiger partial charge in [-0.1, -0.05) is 36.4 Å². The van der Waals surface area contributed by atoms with Crippen LogP contribution in [0.3, 0.4) is 0 Å². The number of rotatable bonds is 4. The van der Waals surface area contributed by atoms with Crippen molar-refractivity contribution in [3.63, 3.8) is 0 Å². The van der Waals surface area contributed by atoms with E-state index in [9.17, 15) is 0 Å². The van der Waals surface area contributed by atoms with Crippen molar-refractivity contribution in [2.75, 3.05) is 0 Å². The first-order chi connectivity index (χ1) is 19.8. The summed E-state index contributed by atoms with van der Waals surface area (Å²) in [5.74, 6) is 1.16. The van der Waals surface area contributed by atoms with Crippen LogP contribution in [-0.4, -0.2) is 29.5 Å². The fraction of sp³-hybridized carbons (Fsp3) is 0. The molecular weight excluding hydrogens is 496 g/mol. The smallest absolute Gasteiger partial charge is 0.235 e. The third-order valence-electron chi connectivity index (χ3n) is 7.08. The van der Waals surface area contributed by atoms with Crippen molar-refractivity contribution >= 4 is 32.9 Å². The number of benzene rings is 3. The zero-order valence-electron chi connectivity index (χ0n) is 21.1. The Hall–Kier alpha value is -5.69. The van der Waals surface area contributed by atoms with Gasteiger partial charge in [-0.25, -0.2) is 15.0 Å². The van der Waals surface area contributed by atoms with Gasteiger partial charge < -0.3 is 4.42 Å². The summed E-state index contributed by atoms with van der Waals surface area (Å²) >= 11 is 0. The second-order valence-corrected chi connectivity index (χ2v) is 9.46. The number of nitrogens with zero attached hydrogens (tertiary/aromatic N) is 6. The monoisotopic (exact) mass is 516 g/mol. The van der Waals surface area contributed by atoms with Crippen molar-refractivity contribution in [2.24, 2.45) is 0 Å². The Morgan fingerprint density at radius 3 is 1.90 bits per heavy atom. The van der Waals surface area contributed by atoms with Gasteiger partial charge in [0.05, 0.1) is 27.8 Å². The average Bonchev–Trinajstić information content (AvgIpc) is 3.62. The second-order valence-electron chi connectivity index (χ2n) is 9.46. The van der Waals surface area contributed by atoms with E-state index in [0.29, 0.717) is 11.8 Å². The maximum Gasteiger partial charge on any atom is 0.235 e. The minimum absolute atomic E-state index is 0.564. The van der Waals surface area contributed by atoms with Gasteiger partial charge in [-0.05, 0) is 60.7 Å². The Bertz CT molecular complexity index is 2090. The third-order valence-corrected chi connectivity index (χ3v) is 7.08. The van der Waals surface area contributed by atoms with Gasteiger partial charge in [0.25, 0.3) is 0 Å². The van der Waals surface area contributed by atoms with Crippen LogP contribution in [0, 0.1) is 0 Å². The number of pyridine rings is 2. The molecule has 8 rings (SSSR count). The van der Waals surface area contributed by atoms with E-state index in [1.54, 1.807) is 24.8 Å². The molecule has 0 aliphatic heterocycles. The number of hydrogen-bond acceptors (Lipinski definition) is 6.